The van der Waals surface area contributed by atoms with Crippen LogP contribution in [0.15, 0.2) is 42.5 Å². The lowest BCUT2D eigenvalue weighted by Gasteiger charge is -2.21. The molecule has 0 aliphatic carbocycles. The first-order valence-electron chi connectivity index (χ1n) is 6.64. The van der Waals surface area contributed by atoms with E-state index >= 15 is 0 Å². The van der Waals surface area contributed by atoms with Crippen molar-refractivity contribution in [2.75, 3.05) is 5.01 Å². The Balaban J connectivity index is 2.12. The second-order valence-corrected chi connectivity index (χ2v) is 5.32. The molecule has 0 saturated carbocycles. The normalized spacial score (nSPS) is 18.4. The molecule has 126 valence electrons. The molecule has 0 amide bonds. The van der Waals surface area contributed by atoms with Gasteiger partial charge in [0.2, 0.25) is 5.95 Å². The quantitative estimate of drug-likeness (QED) is 0.807. The van der Waals surface area contributed by atoms with Gasteiger partial charge in [-0.2, -0.15) is 13.2 Å². The average molecular weight is 360 g/mol. The van der Waals surface area contributed by atoms with Crippen molar-refractivity contribution >= 4 is 23.1 Å². The van der Waals surface area contributed by atoms with Crippen LogP contribution in [0.4, 0.5) is 23.5 Å². The average Bonchev–Trinajstić information content (AvgIpc) is 2.89. The van der Waals surface area contributed by atoms with Crippen molar-refractivity contribution in [2.24, 2.45) is 5.73 Å². The number of nitrogens with two attached hydrogens (primary N) is 1. The Morgan fingerprint density at radius 3 is 2.46 bits per heavy atom. The SMILES string of the molecule is NC1=C(c2ccc(F)c(Cl)c2)C(C(F)(F)F)NN1c1ncccn1. The zero-order valence-corrected chi connectivity index (χ0v) is 12.6. The van der Waals surface area contributed by atoms with Crippen LogP contribution in [0.2, 0.25) is 5.02 Å². The molecule has 0 saturated heterocycles. The molecule has 1 aliphatic heterocycles. The van der Waals surface area contributed by atoms with E-state index in [4.69, 9.17) is 17.3 Å². The first-order chi connectivity index (χ1) is 11.3. The van der Waals surface area contributed by atoms with Gasteiger partial charge in [0.1, 0.15) is 11.6 Å². The predicted octanol–water partition coefficient (Wildman–Crippen LogP) is 2.85. The van der Waals surface area contributed by atoms with Crippen LogP contribution < -0.4 is 16.2 Å². The molecule has 3 rings (SSSR count). The second kappa shape index (κ2) is 5.91. The highest BCUT2D eigenvalue weighted by atomic mass is 35.5. The molecular formula is C14H10ClF4N5. The van der Waals surface area contributed by atoms with Gasteiger partial charge in [-0.15, -0.1) is 0 Å². The van der Waals surface area contributed by atoms with Crippen molar-refractivity contribution in [2.45, 2.75) is 12.2 Å². The molecule has 1 unspecified atom stereocenters. The van der Waals surface area contributed by atoms with Gasteiger partial charge in [0.15, 0.2) is 6.04 Å². The van der Waals surface area contributed by atoms with Crippen molar-refractivity contribution in [1.82, 2.24) is 15.4 Å². The fourth-order valence-electron chi connectivity index (χ4n) is 2.32. The summed E-state index contributed by atoms with van der Waals surface area (Å²) in [6, 6.07) is 2.66. The number of aromatic nitrogens is 2. The van der Waals surface area contributed by atoms with Gasteiger partial charge in [0, 0.05) is 18.0 Å². The third-order valence-corrected chi connectivity index (χ3v) is 3.66. The fourth-order valence-corrected chi connectivity index (χ4v) is 2.50. The molecule has 3 N–H and O–H groups in total. The van der Waals surface area contributed by atoms with Crippen LogP contribution in [0.5, 0.6) is 0 Å². The van der Waals surface area contributed by atoms with Crippen LogP contribution in [0, 0.1) is 5.82 Å². The summed E-state index contributed by atoms with van der Waals surface area (Å²) in [5.74, 6) is -1.03. The van der Waals surface area contributed by atoms with E-state index < -0.39 is 18.0 Å². The van der Waals surface area contributed by atoms with E-state index in [0.717, 1.165) is 17.1 Å². The van der Waals surface area contributed by atoms with E-state index in [-0.39, 0.29) is 27.9 Å². The van der Waals surface area contributed by atoms with Gasteiger partial charge >= 0.3 is 6.18 Å². The third-order valence-electron chi connectivity index (χ3n) is 3.37. The molecular weight excluding hydrogens is 350 g/mol. The molecule has 1 atom stereocenters. The Morgan fingerprint density at radius 2 is 1.88 bits per heavy atom. The molecule has 10 heteroatoms. The lowest BCUT2D eigenvalue weighted by atomic mass is 9.99. The van der Waals surface area contributed by atoms with Gasteiger partial charge in [0.05, 0.1) is 5.02 Å². The monoisotopic (exact) mass is 359 g/mol. The molecule has 2 aromatic rings. The van der Waals surface area contributed by atoms with Gasteiger partial charge < -0.3 is 5.73 Å². The third kappa shape index (κ3) is 2.87. The molecule has 24 heavy (non-hydrogen) atoms. The maximum Gasteiger partial charge on any atom is 0.409 e. The number of rotatable bonds is 2. The molecule has 1 aromatic heterocycles. The fraction of sp³-hybridized carbons (Fsp3) is 0.143. The number of alkyl halides is 3. The van der Waals surface area contributed by atoms with Crippen LogP contribution in [-0.2, 0) is 0 Å². The highest BCUT2D eigenvalue weighted by molar-refractivity contribution is 6.30. The lowest BCUT2D eigenvalue weighted by molar-refractivity contribution is -0.140. The number of nitrogens with zero attached hydrogens (tertiary/aromatic N) is 3. The van der Waals surface area contributed by atoms with Crippen LogP contribution >= 0.6 is 11.6 Å². The van der Waals surface area contributed by atoms with Crippen molar-refractivity contribution in [3.63, 3.8) is 0 Å². The van der Waals surface area contributed by atoms with Gasteiger partial charge in [-0.3, -0.25) is 0 Å². The van der Waals surface area contributed by atoms with Crippen molar-refractivity contribution in [3.8, 4) is 0 Å². The molecule has 0 spiro atoms. The lowest BCUT2D eigenvalue weighted by Crippen LogP contribution is -2.46. The Hall–Kier alpha value is -2.39. The highest BCUT2D eigenvalue weighted by Gasteiger charge is 2.49. The van der Waals surface area contributed by atoms with E-state index in [1.165, 1.54) is 24.5 Å². The number of anilines is 1. The smallest absolute Gasteiger partial charge is 0.384 e. The van der Waals surface area contributed by atoms with Crippen molar-refractivity contribution in [3.05, 3.63) is 58.9 Å². The molecule has 2 heterocycles. The number of benzene rings is 1. The highest BCUT2D eigenvalue weighted by Crippen LogP contribution is 2.38. The van der Waals surface area contributed by atoms with Gasteiger partial charge in [-0.25, -0.2) is 24.8 Å². The minimum atomic E-state index is -4.65. The number of hydrogen-bond donors (Lipinski definition) is 2. The van der Waals surface area contributed by atoms with Crippen molar-refractivity contribution in [1.29, 1.82) is 0 Å². The molecule has 1 aliphatic rings. The van der Waals surface area contributed by atoms with Crippen molar-refractivity contribution < 1.29 is 17.6 Å². The summed E-state index contributed by atoms with van der Waals surface area (Å²) in [6.07, 6.45) is -1.91. The van der Waals surface area contributed by atoms with Gasteiger partial charge in [-0.05, 0) is 23.8 Å². The molecule has 0 bridgehead atoms. The summed E-state index contributed by atoms with van der Waals surface area (Å²) in [4.78, 5) is 7.74. The largest absolute Gasteiger partial charge is 0.409 e. The minimum absolute atomic E-state index is 0.0483. The zero-order valence-electron chi connectivity index (χ0n) is 11.9. The van der Waals surface area contributed by atoms with E-state index in [9.17, 15) is 17.6 Å². The summed E-state index contributed by atoms with van der Waals surface area (Å²) in [5, 5.41) is 0.633. The Kier molecular flexibility index (Phi) is 4.06. The standard InChI is InChI=1S/C14H10ClF4N5/c15-8-6-7(2-3-9(8)16)10-11(14(17,18)19)23-24(12(10)20)13-21-4-1-5-22-13/h1-6,11,23H,20H2. The van der Waals surface area contributed by atoms with Gasteiger partial charge in [0.25, 0.3) is 0 Å². The van der Waals surface area contributed by atoms with E-state index in [1.54, 1.807) is 0 Å². The molecule has 0 fully saturated rings. The van der Waals surface area contributed by atoms with Crippen LogP contribution in [0.1, 0.15) is 5.56 Å². The molecule has 5 nitrogen and oxygen atoms in total. The number of hydrazine groups is 1. The Morgan fingerprint density at radius 1 is 1.21 bits per heavy atom. The van der Waals surface area contributed by atoms with Crippen LogP contribution in [-0.4, -0.2) is 22.2 Å². The zero-order chi connectivity index (χ0) is 17.5. The van der Waals surface area contributed by atoms with Crippen LogP contribution in [0.3, 0.4) is 0 Å². The first kappa shape index (κ1) is 16.5. The Labute approximate surface area is 138 Å². The van der Waals surface area contributed by atoms with Gasteiger partial charge in [-0.1, -0.05) is 17.7 Å². The summed E-state index contributed by atoms with van der Waals surface area (Å²) in [7, 11) is 0. The maximum absolute atomic E-state index is 13.4. The molecule has 0 radical (unpaired) electrons. The Bertz CT molecular complexity index is 793. The summed E-state index contributed by atoms with van der Waals surface area (Å²) in [6.45, 7) is 0. The van der Waals surface area contributed by atoms with E-state index in [1.807, 2.05) is 0 Å². The van der Waals surface area contributed by atoms with E-state index in [0.29, 0.717) is 0 Å². The second-order valence-electron chi connectivity index (χ2n) is 4.92. The number of halogens is 5. The number of nitrogens with one attached hydrogen (secondary N) is 1. The first-order valence-corrected chi connectivity index (χ1v) is 7.02. The number of hydrogen-bond acceptors (Lipinski definition) is 5. The predicted molar refractivity (Wildman–Crippen MR) is 80.0 cm³/mol. The topological polar surface area (TPSA) is 67.1 Å². The summed E-state index contributed by atoms with van der Waals surface area (Å²) < 4.78 is 53.5. The summed E-state index contributed by atoms with van der Waals surface area (Å²) >= 11 is 5.68. The molecule has 1 aromatic carbocycles. The van der Waals surface area contributed by atoms with Crippen LogP contribution in [0.25, 0.3) is 5.57 Å². The van der Waals surface area contributed by atoms with E-state index in [2.05, 4.69) is 15.4 Å². The maximum atomic E-state index is 13.4. The minimum Gasteiger partial charge on any atom is -0.384 e. The summed E-state index contributed by atoms with van der Waals surface area (Å²) in [5.41, 5.74) is 7.88.